The fourth-order valence-corrected chi connectivity index (χ4v) is 1.74. The average molecular weight is 224 g/mol. The third-order valence-electron chi connectivity index (χ3n) is 2.60. The number of para-hydroxylation sites is 1. The maximum atomic E-state index is 4.52. The van der Waals surface area contributed by atoms with Gasteiger partial charge in [-0.2, -0.15) is 0 Å². The van der Waals surface area contributed by atoms with Crippen LogP contribution in [0.1, 0.15) is 0 Å². The standard InChI is InChI=1S/C13H12N4/c1-17-9-14-11-7-8-12(16-13(11)17)15-10-5-3-2-4-6-10/h2-9H,1H3,(H,15,16). The number of nitrogens with zero attached hydrogens (tertiary/aromatic N) is 3. The smallest absolute Gasteiger partial charge is 0.161 e. The van der Waals surface area contributed by atoms with Gasteiger partial charge in [-0.3, -0.25) is 0 Å². The molecule has 0 saturated carbocycles. The highest BCUT2D eigenvalue weighted by atomic mass is 15.1. The molecule has 1 aromatic carbocycles. The third-order valence-corrected chi connectivity index (χ3v) is 2.60. The number of aromatic nitrogens is 3. The van der Waals surface area contributed by atoms with Gasteiger partial charge in [0.2, 0.25) is 0 Å². The van der Waals surface area contributed by atoms with Gasteiger partial charge in [0.15, 0.2) is 5.65 Å². The molecule has 0 atom stereocenters. The van der Waals surface area contributed by atoms with Gasteiger partial charge in [0.1, 0.15) is 11.3 Å². The van der Waals surface area contributed by atoms with E-state index in [1.54, 1.807) is 6.33 Å². The largest absolute Gasteiger partial charge is 0.340 e. The number of fused-ring (bicyclic) bond motifs is 1. The van der Waals surface area contributed by atoms with Crippen LogP contribution >= 0.6 is 0 Å². The summed E-state index contributed by atoms with van der Waals surface area (Å²) in [4.78, 5) is 8.76. The van der Waals surface area contributed by atoms with E-state index in [1.165, 1.54) is 0 Å². The first-order chi connectivity index (χ1) is 8.33. The number of hydrogen-bond donors (Lipinski definition) is 1. The van der Waals surface area contributed by atoms with Crippen molar-refractivity contribution in [1.29, 1.82) is 0 Å². The van der Waals surface area contributed by atoms with Gasteiger partial charge in [0, 0.05) is 12.7 Å². The average Bonchev–Trinajstić information content (AvgIpc) is 2.73. The maximum Gasteiger partial charge on any atom is 0.161 e. The predicted molar refractivity (Wildman–Crippen MR) is 68.2 cm³/mol. The van der Waals surface area contributed by atoms with E-state index in [0.717, 1.165) is 22.7 Å². The number of pyridine rings is 1. The number of hydrogen-bond acceptors (Lipinski definition) is 3. The van der Waals surface area contributed by atoms with Crippen molar-refractivity contribution in [2.45, 2.75) is 0 Å². The van der Waals surface area contributed by atoms with Gasteiger partial charge in [0.05, 0.1) is 6.33 Å². The van der Waals surface area contributed by atoms with Crippen LogP contribution in [-0.4, -0.2) is 14.5 Å². The number of nitrogens with one attached hydrogen (secondary N) is 1. The van der Waals surface area contributed by atoms with Crippen molar-refractivity contribution in [3.8, 4) is 0 Å². The van der Waals surface area contributed by atoms with E-state index in [0.29, 0.717) is 0 Å². The molecule has 0 aliphatic rings. The van der Waals surface area contributed by atoms with Gasteiger partial charge in [-0.1, -0.05) is 18.2 Å². The van der Waals surface area contributed by atoms with Crippen LogP contribution in [0, 0.1) is 0 Å². The summed E-state index contributed by atoms with van der Waals surface area (Å²) in [5.41, 5.74) is 2.82. The highest BCUT2D eigenvalue weighted by Gasteiger charge is 2.02. The van der Waals surface area contributed by atoms with Crippen molar-refractivity contribution in [3.05, 3.63) is 48.8 Å². The zero-order chi connectivity index (χ0) is 11.7. The van der Waals surface area contributed by atoms with Crippen LogP contribution in [0.5, 0.6) is 0 Å². The molecule has 0 aliphatic heterocycles. The maximum absolute atomic E-state index is 4.52. The molecule has 0 spiro atoms. The molecule has 4 nitrogen and oxygen atoms in total. The molecule has 0 fully saturated rings. The fourth-order valence-electron chi connectivity index (χ4n) is 1.74. The first-order valence-electron chi connectivity index (χ1n) is 5.43. The minimum atomic E-state index is 0.826. The van der Waals surface area contributed by atoms with E-state index in [4.69, 9.17) is 0 Å². The summed E-state index contributed by atoms with van der Waals surface area (Å²) in [5, 5.41) is 3.26. The fraction of sp³-hybridized carbons (Fsp3) is 0.0769. The summed E-state index contributed by atoms with van der Waals surface area (Å²) in [5.74, 6) is 0.826. The lowest BCUT2D eigenvalue weighted by Gasteiger charge is -2.05. The van der Waals surface area contributed by atoms with Crippen molar-refractivity contribution in [1.82, 2.24) is 14.5 Å². The van der Waals surface area contributed by atoms with Gasteiger partial charge in [-0.25, -0.2) is 9.97 Å². The van der Waals surface area contributed by atoms with Crippen molar-refractivity contribution in [3.63, 3.8) is 0 Å². The van der Waals surface area contributed by atoms with E-state index in [1.807, 2.05) is 54.1 Å². The number of aryl methyl sites for hydroxylation is 1. The van der Waals surface area contributed by atoms with Crippen molar-refractivity contribution in [2.24, 2.45) is 7.05 Å². The molecule has 0 aliphatic carbocycles. The van der Waals surface area contributed by atoms with Crippen molar-refractivity contribution >= 4 is 22.7 Å². The van der Waals surface area contributed by atoms with Crippen LogP contribution < -0.4 is 5.32 Å². The molecule has 0 unspecified atom stereocenters. The Kier molecular flexibility index (Phi) is 2.26. The van der Waals surface area contributed by atoms with Crippen LogP contribution in [0.2, 0.25) is 0 Å². The second-order valence-electron chi connectivity index (χ2n) is 3.89. The molecular formula is C13H12N4. The molecule has 17 heavy (non-hydrogen) atoms. The topological polar surface area (TPSA) is 42.7 Å². The zero-order valence-electron chi connectivity index (χ0n) is 9.46. The second-order valence-corrected chi connectivity index (χ2v) is 3.89. The Morgan fingerprint density at radius 2 is 1.88 bits per heavy atom. The van der Waals surface area contributed by atoms with Crippen molar-refractivity contribution in [2.75, 3.05) is 5.32 Å². The molecule has 0 saturated heterocycles. The molecule has 1 N–H and O–H groups in total. The predicted octanol–water partition coefficient (Wildman–Crippen LogP) is 2.71. The second kappa shape index (κ2) is 3.90. The van der Waals surface area contributed by atoms with Crippen LogP contribution in [-0.2, 0) is 7.05 Å². The Balaban J connectivity index is 1.98. The molecular weight excluding hydrogens is 212 g/mol. The van der Waals surface area contributed by atoms with Crippen LogP contribution in [0.25, 0.3) is 11.2 Å². The normalized spacial score (nSPS) is 10.6. The van der Waals surface area contributed by atoms with E-state index in [-0.39, 0.29) is 0 Å². The molecule has 4 heteroatoms. The van der Waals surface area contributed by atoms with Gasteiger partial charge in [-0.05, 0) is 24.3 Å². The lowest BCUT2D eigenvalue weighted by atomic mass is 10.3. The summed E-state index contributed by atoms with van der Waals surface area (Å²) in [6, 6.07) is 13.9. The number of anilines is 2. The lowest BCUT2D eigenvalue weighted by Crippen LogP contribution is -1.95. The van der Waals surface area contributed by atoms with E-state index >= 15 is 0 Å². The highest BCUT2D eigenvalue weighted by molar-refractivity contribution is 5.74. The summed E-state index contributed by atoms with van der Waals surface area (Å²) in [6.45, 7) is 0. The molecule has 3 aromatic rings. The summed E-state index contributed by atoms with van der Waals surface area (Å²) >= 11 is 0. The number of rotatable bonds is 2. The minimum absolute atomic E-state index is 0.826. The Bertz CT molecular complexity index is 643. The molecule has 84 valence electrons. The summed E-state index contributed by atoms with van der Waals surface area (Å²) in [7, 11) is 1.94. The minimum Gasteiger partial charge on any atom is -0.340 e. The molecule has 0 bridgehead atoms. The van der Waals surface area contributed by atoms with Gasteiger partial charge in [0.25, 0.3) is 0 Å². The van der Waals surface area contributed by atoms with Gasteiger partial charge < -0.3 is 9.88 Å². The monoisotopic (exact) mass is 224 g/mol. The van der Waals surface area contributed by atoms with Crippen LogP contribution in [0.15, 0.2) is 48.8 Å². The van der Waals surface area contributed by atoms with E-state index in [9.17, 15) is 0 Å². The number of benzene rings is 1. The Labute approximate surface area is 98.9 Å². The first-order valence-corrected chi connectivity index (χ1v) is 5.43. The molecule has 0 amide bonds. The molecule has 2 heterocycles. The van der Waals surface area contributed by atoms with Gasteiger partial charge >= 0.3 is 0 Å². The summed E-state index contributed by atoms with van der Waals surface area (Å²) < 4.78 is 1.91. The quantitative estimate of drug-likeness (QED) is 0.727. The van der Waals surface area contributed by atoms with E-state index in [2.05, 4.69) is 15.3 Å². The van der Waals surface area contributed by atoms with Crippen LogP contribution in [0.3, 0.4) is 0 Å². The van der Waals surface area contributed by atoms with E-state index < -0.39 is 0 Å². The van der Waals surface area contributed by atoms with Crippen molar-refractivity contribution < 1.29 is 0 Å². The molecule has 0 radical (unpaired) electrons. The van der Waals surface area contributed by atoms with Crippen LogP contribution in [0.4, 0.5) is 11.5 Å². The molecule has 3 rings (SSSR count). The third kappa shape index (κ3) is 1.85. The summed E-state index contributed by atoms with van der Waals surface area (Å²) in [6.07, 6.45) is 1.77. The Morgan fingerprint density at radius 3 is 2.71 bits per heavy atom. The SMILES string of the molecule is Cn1cnc2ccc(Nc3ccccc3)nc21. The lowest BCUT2D eigenvalue weighted by molar-refractivity contribution is 0.931. The van der Waals surface area contributed by atoms with Gasteiger partial charge in [-0.15, -0.1) is 0 Å². The number of imidazole rings is 1. The Hall–Kier alpha value is -2.36. The zero-order valence-corrected chi connectivity index (χ0v) is 9.46. The first kappa shape index (κ1) is 9.84. The Morgan fingerprint density at radius 1 is 1.06 bits per heavy atom. The molecule has 2 aromatic heterocycles. The highest BCUT2D eigenvalue weighted by Crippen LogP contribution is 2.17.